The molecule has 7 heteroatoms. The fraction of sp³-hybridized carbons (Fsp3) is 0.308. The van der Waals surface area contributed by atoms with Crippen molar-refractivity contribution in [2.24, 2.45) is 4.99 Å². The van der Waals surface area contributed by atoms with E-state index in [-0.39, 0.29) is 5.91 Å². The van der Waals surface area contributed by atoms with E-state index in [9.17, 15) is 9.59 Å². The third kappa shape index (κ3) is 2.19. The molecule has 1 atom stereocenters. The standard InChI is InChI=1S/C13H12ClN3O2S/c1-16(9-4-2-8(14)3-5-9)10-11(18)15-13-17(12(10)19)6-7-20-13/h2-5,10H,6-7H2,1H3. The van der Waals surface area contributed by atoms with E-state index in [4.69, 9.17) is 11.6 Å². The Hall–Kier alpha value is -1.53. The summed E-state index contributed by atoms with van der Waals surface area (Å²) in [6, 6.07) is 6.12. The van der Waals surface area contributed by atoms with Crippen molar-refractivity contribution in [3.8, 4) is 0 Å². The van der Waals surface area contributed by atoms with Gasteiger partial charge in [-0.05, 0) is 24.3 Å². The average Bonchev–Trinajstić information content (AvgIpc) is 2.87. The number of amides is 2. The number of carbonyl (C=O) groups is 2. The molecule has 0 aliphatic carbocycles. The Balaban J connectivity index is 1.91. The van der Waals surface area contributed by atoms with Crippen LogP contribution in [0.25, 0.3) is 0 Å². The van der Waals surface area contributed by atoms with Crippen LogP contribution in [0.3, 0.4) is 0 Å². The lowest BCUT2D eigenvalue weighted by Crippen LogP contribution is -2.55. The van der Waals surface area contributed by atoms with E-state index in [1.807, 2.05) is 0 Å². The number of benzene rings is 1. The molecule has 2 amide bonds. The van der Waals surface area contributed by atoms with Gasteiger partial charge in [-0.2, -0.15) is 4.99 Å². The molecule has 20 heavy (non-hydrogen) atoms. The second-order valence-electron chi connectivity index (χ2n) is 4.56. The maximum Gasteiger partial charge on any atom is 0.280 e. The maximum atomic E-state index is 12.4. The van der Waals surface area contributed by atoms with Gasteiger partial charge in [-0.3, -0.25) is 14.5 Å². The van der Waals surface area contributed by atoms with Crippen molar-refractivity contribution in [2.75, 3.05) is 24.2 Å². The highest BCUT2D eigenvalue weighted by molar-refractivity contribution is 8.14. The van der Waals surface area contributed by atoms with E-state index >= 15 is 0 Å². The van der Waals surface area contributed by atoms with Gasteiger partial charge in [0.2, 0.25) is 0 Å². The minimum absolute atomic E-state index is 0.206. The Kier molecular flexibility index (Phi) is 3.43. The minimum Gasteiger partial charge on any atom is -0.355 e. The van der Waals surface area contributed by atoms with Crippen LogP contribution in [0.1, 0.15) is 0 Å². The molecule has 2 aliphatic heterocycles. The molecule has 5 nitrogen and oxygen atoms in total. The number of aliphatic imine (C=N–C) groups is 1. The van der Waals surface area contributed by atoms with Gasteiger partial charge in [-0.15, -0.1) is 0 Å². The van der Waals surface area contributed by atoms with E-state index in [2.05, 4.69) is 4.99 Å². The number of rotatable bonds is 2. The van der Waals surface area contributed by atoms with Crippen molar-refractivity contribution in [1.82, 2.24) is 4.90 Å². The monoisotopic (exact) mass is 309 g/mol. The van der Waals surface area contributed by atoms with Gasteiger partial charge >= 0.3 is 0 Å². The second-order valence-corrected chi connectivity index (χ2v) is 6.06. The van der Waals surface area contributed by atoms with Crippen LogP contribution in [0.5, 0.6) is 0 Å². The van der Waals surface area contributed by atoms with E-state index in [0.29, 0.717) is 16.7 Å². The summed E-state index contributed by atoms with van der Waals surface area (Å²) in [4.78, 5) is 31.8. The fourth-order valence-corrected chi connectivity index (χ4v) is 3.34. The molecular formula is C13H12ClN3O2S. The number of amidine groups is 1. The summed E-state index contributed by atoms with van der Waals surface area (Å²) in [6.07, 6.45) is 0. The van der Waals surface area contributed by atoms with Crippen LogP contribution in [0.4, 0.5) is 5.69 Å². The van der Waals surface area contributed by atoms with Crippen molar-refractivity contribution in [3.05, 3.63) is 29.3 Å². The van der Waals surface area contributed by atoms with Gasteiger partial charge < -0.3 is 4.90 Å². The summed E-state index contributed by atoms with van der Waals surface area (Å²) in [5.41, 5.74) is 0.756. The SMILES string of the molecule is CN(c1ccc(Cl)cc1)C1C(=O)N=C2SCCN2C1=O. The number of halogens is 1. The molecule has 1 unspecified atom stereocenters. The second kappa shape index (κ2) is 5.10. The van der Waals surface area contributed by atoms with Crippen molar-refractivity contribution in [1.29, 1.82) is 0 Å². The van der Waals surface area contributed by atoms with Gasteiger partial charge in [0, 0.05) is 30.1 Å². The third-order valence-corrected chi connectivity index (χ3v) is 4.55. The van der Waals surface area contributed by atoms with Gasteiger partial charge in [0.1, 0.15) is 0 Å². The van der Waals surface area contributed by atoms with E-state index in [0.717, 1.165) is 11.4 Å². The lowest BCUT2D eigenvalue weighted by atomic mass is 10.1. The first-order valence-electron chi connectivity index (χ1n) is 6.13. The Morgan fingerprint density at radius 3 is 2.75 bits per heavy atom. The number of likely N-dealkylation sites (N-methyl/N-ethyl adjacent to an activating group) is 1. The van der Waals surface area contributed by atoms with Crippen molar-refractivity contribution >= 4 is 46.0 Å². The summed E-state index contributed by atoms with van der Waals surface area (Å²) in [7, 11) is 1.72. The molecular weight excluding hydrogens is 298 g/mol. The summed E-state index contributed by atoms with van der Waals surface area (Å²) in [6.45, 7) is 0.612. The normalized spacial score (nSPS) is 21.8. The van der Waals surface area contributed by atoms with E-state index in [1.54, 1.807) is 41.1 Å². The summed E-state index contributed by atoms with van der Waals surface area (Å²) < 4.78 is 0. The molecule has 0 bridgehead atoms. The summed E-state index contributed by atoms with van der Waals surface area (Å²) in [5.74, 6) is 0.172. The van der Waals surface area contributed by atoms with Crippen LogP contribution < -0.4 is 4.90 Å². The number of anilines is 1. The van der Waals surface area contributed by atoms with E-state index in [1.165, 1.54) is 11.8 Å². The number of hydrogen-bond acceptors (Lipinski definition) is 4. The number of carbonyl (C=O) groups excluding carboxylic acids is 2. The van der Waals surface area contributed by atoms with Crippen LogP contribution in [-0.4, -0.2) is 47.3 Å². The molecule has 1 fully saturated rings. The maximum absolute atomic E-state index is 12.4. The molecule has 3 rings (SSSR count). The molecule has 0 radical (unpaired) electrons. The summed E-state index contributed by atoms with van der Waals surface area (Å²) in [5, 5.41) is 1.14. The van der Waals surface area contributed by atoms with Crippen molar-refractivity contribution in [3.63, 3.8) is 0 Å². The first-order chi connectivity index (χ1) is 9.58. The Bertz CT molecular complexity index is 602. The lowest BCUT2D eigenvalue weighted by molar-refractivity contribution is -0.134. The zero-order valence-electron chi connectivity index (χ0n) is 10.7. The number of thioether (sulfide) groups is 1. The van der Waals surface area contributed by atoms with Gasteiger partial charge in [-0.25, -0.2) is 0 Å². The molecule has 1 aromatic rings. The molecule has 1 aromatic carbocycles. The van der Waals surface area contributed by atoms with Gasteiger partial charge in [0.05, 0.1) is 0 Å². The highest BCUT2D eigenvalue weighted by atomic mass is 35.5. The Labute approximate surface area is 125 Å². The molecule has 2 heterocycles. The van der Waals surface area contributed by atoms with Crippen LogP contribution in [0, 0.1) is 0 Å². The van der Waals surface area contributed by atoms with Crippen LogP contribution in [0.15, 0.2) is 29.3 Å². The van der Waals surface area contributed by atoms with Gasteiger partial charge in [0.25, 0.3) is 11.8 Å². The van der Waals surface area contributed by atoms with Gasteiger partial charge in [-0.1, -0.05) is 23.4 Å². The van der Waals surface area contributed by atoms with Gasteiger partial charge in [0.15, 0.2) is 11.2 Å². The zero-order chi connectivity index (χ0) is 14.3. The fourth-order valence-electron chi connectivity index (χ4n) is 2.26. The molecule has 0 N–H and O–H groups in total. The number of fused-ring (bicyclic) bond motifs is 1. The lowest BCUT2D eigenvalue weighted by Gasteiger charge is -2.32. The first-order valence-corrected chi connectivity index (χ1v) is 7.49. The highest BCUT2D eigenvalue weighted by Crippen LogP contribution is 2.27. The summed E-state index contributed by atoms with van der Waals surface area (Å²) >= 11 is 7.29. The number of hydrogen-bond donors (Lipinski definition) is 0. The average molecular weight is 310 g/mol. The van der Waals surface area contributed by atoms with Crippen molar-refractivity contribution in [2.45, 2.75) is 6.04 Å². The first kappa shape index (κ1) is 13.5. The molecule has 0 saturated carbocycles. The predicted octanol–water partition coefficient (Wildman–Crippen LogP) is 1.62. The Morgan fingerprint density at radius 2 is 2.05 bits per heavy atom. The molecule has 0 aromatic heterocycles. The minimum atomic E-state index is -0.890. The number of nitrogens with zero attached hydrogens (tertiary/aromatic N) is 3. The Morgan fingerprint density at radius 1 is 1.35 bits per heavy atom. The highest BCUT2D eigenvalue weighted by Gasteiger charge is 2.42. The van der Waals surface area contributed by atoms with Crippen LogP contribution in [-0.2, 0) is 9.59 Å². The predicted molar refractivity (Wildman–Crippen MR) is 80.3 cm³/mol. The quantitative estimate of drug-likeness (QED) is 0.779. The molecule has 1 saturated heterocycles. The molecule has 0 spiro atoms. The topological polar surface area (TPSA) is 53.0 Å². The third-order valence-electron chi connectivity index (χ3n) is 3.34. The largest absolute Gasteiger partial charge is 0.355 e. The molecule has 104 valence electrons. The zero-order valence-corrected chi connectivity index (χ0v) is 12.3. The smallest absolute Gasteiger partial charge is 0.280 e. The van der Waals surface area contributed by atoms with Crippen molar-refractivity contribution < 1.29 is 9.59 Å². The van der Waals surface area contributed by atoms with Crippen LogP contribution in [0.2, 0.25) is 5.02 Å². The van der Waals surface area contributed by atoms with Crippen LogP contribution >= 0.6 is 23.4 Å². The van der Waals surface area contributed by atoms with E-state index < -0.39 is 11.9 Å². The molecule has 2 aliphatic rings.